The number of ether oxygens (including phenoxy) is 3. The Morgan fingerprint density at radius 3 is 2.48 bits per heavy atom. The fourth-order valence-corrected chi connectivity index (χ4v) is 3.16. The van der Waals surface area contributed by atoms with E-state index in [2.05, 4.69) is 20.6 Å². The van der Waals surface area contributed by atoms with Gasteiger partial charge in [-0.15, -0.1) is 0 Å². The number of pyridine rings is 2. The fraction of sp³-hybridized carbons (Fsp3) is 0.125. The third kappa shape index (κ3) is 5.09. The van der Waals surface area contributed by atoms with Crippen LogP contribution in [-0.2, 0) is 6.54 Å². The molecule has 0 saturated heterocycles. The van der Waals surface area contributed by atoms with Crippen LogP contribution < -0.4 is 24.8 Å². The molecule has 0 fully saturated rings. The monoisotopic (exact) mass is 448 g/mol. The van der Waals surface area contributed by atoms with Crippen molar-refractivity contribution >= 4 is 22.6 Å². The number of benzene rings is 2. The van der Waals surface area contributed by atoms with E-state index >= 15 is 0 Å². The number of hydrogen-bond acceptors (Lipinski definition) is 6. The second-order valence-corrected chi connectivity index (χ2v) is 6.91. The molecule has 0 aliphatic heterocycles. The Kier molecular flexibility index (Phi) is 6.49. The minimum absolute atomic E-state index is 0.0202. The number of amides is 2. The predicted octanol–water partition coefficient (Wildman–Crippen LogP) is 4.90. The van der Waals surface area contributed by atoms with Crippen molar-refractivity contribution in [1.82, 2.24) is 15.3 Å². The zero-order valence-electron chi connectivity index (χ0n) is 18.0. The van der Waals surface area contributed by atoms with E-state index in [4.69, 9.17) is 14.2 Å². The van der Waals surface area contributed by atoms with Gasteiger partial charge in [0.15, 0.2) is 11.5 Å². The number of anilines is 1. The van der Waals surface area contributed by atoms with E-state index in [1.807, 2.05) is 6.07 Å². The standard InChI is InChI=1S/C24H21FN4O4/c1-31-22-12-17-20(13-23(22)32-2)27-10-8-21(17)33-16-6-7-19(18(25)11-16)29-24(30)28-14-15-5-3-4-9-26-15/h3-13H,14H2,1-2H3,(H2,28,29,30). The summed E-state index contributed by atoms with van der Waals surface area (Å²) in [4.78, 5) is 20.5. The van der Waals surface area contributed by atoms with Crippen molar-refractivity contribution in [3.8, 4) is 23.0 Å². The molecule has 0 bridgehead atoms. The number of rotatable bonds is 7. The molecule has 4 aromatic rings. The zero-order valence-corrected chi connectivity index (χ0v) is 18.0. The minimum atomic E-state index is -0.641. The predicted molar refractivity (Wildman–Crippen MR) is 121 cm³/mol. The first-order chi connectivity index (χ1) is 16.1. The normalized spacial score (nSPS) is 10.5. The number of methoxy groups -OCH3 is 2. The molecule has 9 heteroatoms. The summed E-state index contributed by atoms with van der Waals surface area (Å²) in [7, 11) is 3.08. The Labute approximate surface area is 189 Å². The van der Waals surface area contributed by atoms with Crippen LogP contribution in [0.25, 0.3) is 10.9 Å². The Hall–Kier alpha value is -4.40. The quantitative estimate of drug-likeness (QED) is 0.418. The molecule has 0 aliphatic carbocycles. The molecule has 2 amide bonds. The maximum Gasteiger partial charge on any atom is 0.319 e. The molecule has 0 spiro atoms. The van der Waals surface area contributed by atoms with Crippen LogP contribution in [0.3, 0.4) is 0 Å². The number of urea groups is 1. The zero-order chi connectivity index (χ0) is 23.2. The van der Waals surface area contributed by atoms with Gasteiger partial charge in [0, 0.05) is 29.9 Å². The van der Waals surface area contributed by atoms with Gasteiger partial charge in [0.05, 0.1) is 37.7 Å². The lowest BCUT2D eigenvalue weighted by atomic mass is 10.2. The highest BCUT2D eigenvalue weighted by Gasteiger charge is 2.13. The van der Waals surface area contributed by atoms with Gasteiger partial charge < -0.3 is 24.8 Å². The molecule has 8 nitrogen and oxygen atoms in total. The summed E-state index contributed by atoms with van der Waals surface area (Å²) in [5.74, 6) is 1.14. The highest BCUT2D eigenvalue weighted by molar-refractivity contribution is 5.90. The van der Waals surface area contributed by atoms with Crippen LogP contribution >= 0.6 is 0 Å². The lowest BCUT2D eigenvalue weighted by molar-refractivity contribution is 0.251. The second-order valence-electron chi connectivity index (χ2n) is 6.91. The summed E-state index contributed by atoms with van der Waals surface area (Å²) in [5.41, 5.74) is 1.34. The maximum atomic E-state index is 14.6. The molecule has 168 valence electrons. The number of nitrogens with one attached hydrogen (secondary N) is 2. The van der Waals surface area contributed by atoms with Crippen LogP contribution in [0.15, 0.2) is 67.0 Å². The number of carbonyl (C=O) groups excluding carboxylic acids is 1. The molecule has 0 saturated carbocycles. The van der Waals surface area contributed by atoms with Gasteiger partial charge in [-0.3, -0.25) is 9.97 Å². The third-order valence-corrected chi connectivity index (χ3v) is 4.78. The van der Waals surface area contributed by atoms with Gasteiger partial charge in [-0.25, -0.2) is 9.18 Å². The molecular formula is C24H21FN4O4. The van der Waals surface area contributed by atoms with E-state index in [0.717, 1.165) is 0 Å². The lowest BCUT2D eigenvalue weighted by Crippen LogP contribution is -2.28. The Morgan fingerprint density at radius 2 is 1.76 bits per heavy atom. The van der Waals surface area contributed by atoms with Crippen LogP contribution in [0, 0.1) is 5.82 Å². The molecule has 0 atom stereocenters. The van der Waals surface area contributed by atoms with E-state index in [-0.39, 0.29) is 18.0 Å². The first kappa shape index (κ1) is 21.8. The van der Waals surface area contributed by atoms with Crippen molar-refractivity contribution in [2.24, 2.45) is 0 Å². The summed E-state index contributed by atoms with van der Waals surface area (Å²) < 4.78 is 31.2. The molecular weight excluding hydrogens is 427 g/mol. The van der Waals surface area contributed by atoms with Crippen molar-refractivity contribution in [2.75, 3.05) is 19.5 Å². The lowest BCUT2D eigenvalue weighted by Gasteiger charge is -2.13. The van der Waals surface area contributed by atoms with Crippen LogP contribution in [0.5, 0.6) is 23.0 Å². The van der Waals surface area contributed by atoms with Gasteiger partial charge in [0.25, 0.3) is 0 Å². The van der Waals surface area contributed by atoms with Crippen LogP contribution in [-0.4, -0.2) is 30.2 Å². The average molecular weight is 448 g/mol. The van der Waals surface area contributed by atoms with Gasteiger partial charge in [-0.2, -0.15) is 0 Å². The van der Waals surface area contributed by atoms with Crippen LogP contribution in [0.4, 0.5) is 14.9 Å². The third-order valence-electron chi connectivity index (χ3n) is 4.78. The van der Waals surface area contributed by atoms with E-state index in [0.29, 0.717) is 33.8 Å². The largest absolute Gasteiger partial charge is 0.493 e. The topological polar surface area (TPSA) is 94.6 Å². The van der Waals surface area contributed by atoms with Crippen molar-refractivity contribution in [3.63, 3.8) is 0 Å². The number of carbonyl (C=O) groups is 1. The summed E-state index contributed by atoms with van der Waals surface area (Å²) in [6.45, 7) is 0.221. The molecule has 0 aliphatic rings. The van der Waals surface area contributed by atoms with E-state index in [1.165, 1.54) is 19.2 Å². The maximum absolute atomic E-state index is 14.6. The van der Waals surface area contributed by atoms with Gasteiger partial charge in [0.1, 0.15) is 17.3 Å². The smallest absolute Gasteiger partial charge is 0.319 e. The van der Waals surface area contributed by atoms with Crippen molar-refractivity contribution in [3.05, 3.63) is 78.5 Å². The van der Waals surface area contributed by atoms with Crippen LogP contribution in [0.2, 0.25) is 0 Å². The SMILES string of the molecule is COc1cc2nccc(Oc3ccc(NC(=O)NCc4ccccn4)c(F)c3)c2cc1OC. The number of aromatic nitrogens is 2. The summed E-state index contributed by atoms with van der Waals surface area (Å²) in [6.07, 6.45) is 3.22. The molecule has 2 aromatic heterocycles. The number of hydrogen-bond donors (Lipinski definition) is 2. The highest BCUT2D eigenvalue weighted by Crippen LogP contribution is 2.37. The van der Waals surface area contributed by atoms with Gasteiger partial charge >= 0.3 is 6.03 Å². The summed E-state index contributed by atoms with van der Waals surface area (Å²) >= 11 is 0. The number of fused-ring (bicyclic) bond motifs is 1. The van der Waals surface area contributed by atoms with E-state index in [1.54, 1.807) is 55.9 Å². The molecule has 2 aromatic carbocycles. The summed E-state index contributed by atoms with van der Waals surface area (Å²) in [5, 5.41) is 5.78. The number of halogens is 1. The molecule has 2 heterocycles. The van der Waals surface area contributed by atoms with Crippen LogP contribution in [0.1, 0.15) is 5.69 Å². The van der Waals surface area contributed by atoms with E-state index < -0.39 is 11.8 Å². The second kappa shape index (κ2) is 9.82. The van der Waals surface area contributed by atoms with Crippen molar-refractivity contribution in [1.29, 1.82) is 0 Å². The minimum Gasteiger partial charge on any atom is -0.493 e. The van der Waals surface area contributed by atoms with E-state index in [9.17, 15) is 9.18 Å². The Morgan fingerprint density at radius 1 is 0.939 bits per heavy atom. The average Bonchev–Trinajstić information content (AvgIpc) is 2.84. The fourth-order valence-electron chi connectivity index (χ4n) is 3.16. The van der Waals surface area contributed by atoms with Crippen molar-refractivity contribution < 1.29 is 23.4 Å². The first-order valence-electron chi connectivity index (χ1n) is 10.0. The van der Waals surface area contributed by atoms with Gasteiger partial charge in [-0.05, 0) is 36.4 Å². The summed E-state index contributed by atoms with van der Waals surface area (Å²) in [6, 6.07) is 14.2. The van der Waals surface area contributed by atoms with Gasteiger partial charge in [0.2, 0.25) is 0 Å². The molecule has 0 unspecified atom stereocenters. The van der Waals surface area contributed by atoms with Gasteiger partial charge in [-0.1, -0.05) is 6.07 Å². The Balaban J connectivity index is 1.48. The molecule has 4 rings (SSSR count). The molecule has 33 heavy (non-hydrogen) atoms. The number of nitrogens with zero attached hydrogens (tertiary/aromatic N) is 2. The highest BCUT2D eigenvalue weighted by atomic mass is 19.1. The molecule has 0 radical (unpaired) electrons. The Bertz CT molecular complexity index is 1280. The first-order valence-corrected chi connectivity index (χ1v) is 10.0. The van der Waals surface area contributed by atoms with Crippen molar-refractivity contribution in [2.45, 2.75) is 6.54 Å². The molecule has 2 N–H and O–H groups in total.